The molecule has 0 saturated carbocycles. The lowest BCUT2D eigenvalue weighted by molar-refractivity contribution is 0.745. The van der Waals surface area contributed by atoms with Crippen LogP contribution in [0.25, 0.3) is 32.7 Å². The molecular formula is C22H19N3S. The first-order valence-electron chi connectivity index (χ1n) is 8.80. The monoisotopic (exact) mass is 357 g/mol. The first kappa shape index (κ1) is 16.6. The Morgan fingerprint density at radius 1 is 1.12 bits per heavy atom. The highest BCUT2D eigenvalue weighted by atomic mass is 32.1. The molecule has 0 radical (unpaired) electrons. The van der Waals surface area contributed by atoms with E-state index in [9.17, 15) is 0 Å². The number of nitrogens with zero attached hydrogens (tertiary/aromatic N) is 3. The van der Waals surface area contributed by atoms with E-state index in [2.05, 4.69) is 71.6 Å². The van der Waals surface area contributed by atoms with E-state index in [1.807, 2.05) is 6.07 Å². The summed E-state index contributed by atoms with van der Waals surface area (Å²) in [7, 11) is 0. The van der Waals surface area contributed by atoms with Gasteiger partial charge in [-0.05, 0) is 18.1 Å². The predicted octanol–water partition coefficient (Wildman–Crippen LogP) is 5.91. The largest absolute Gasteiger partial charge is 0.346 e. The highest BCUT2D eigenvalue weighted by Crippen LogP contribution is 2.34. The van der Waals surface area contributed by atoms with E-state index < -0.39 is 0 Å². The van der Waals surface area contributed by atoms with E-state index in [1.54, 1.807) is 11.3 Å². The fraction of sp³-hybridized carbons (Fsp3) is 0.182. The Balaban J connectivity index is 1.74. The van der Waals surface area contributed by atoms with E-state index in [0.29, 0.717) is 13.0 Å². The molecule has 0 unspecified atom stereocenters. The van der Waals surface area contributed by atoms with Gasteiger partial charge in [0.25, 0.3) is 0 Å². The van der Waals surface area contributed by atoms with E-state index in [-0.39, 0.29) is 0 Å². The Hall–Kier alpha value is -2.90. The summed E-state index contributed by atoms with van der Waals surface area (Å²) in [5, 5.41) is 13.3. The van der Waals surface area contributed by atoms with Crippen molar-refractivity contribution in [3.05, 3.63) is 65.7 Å². The summed E-state index contributed by atoms with van der Waals surface area (Å²) in [6.07, 6.45) is 3.68. The SMILES string of the molecule is CCc1ccc(-c2nc(-c3cn(CCC#N)c4ccccc34)cs2)cc1. The highest BCUT2D eigenvalue weighted by Gasteiger charge is 2.13. The summed E-state index contributed by atoms with van der Waals surface area (Å²) in [4.78, 5) is 4.89. The second-order valence-corrected chi connectivity index (χ2v) is 7.11. The Kier molecular flexibility index (Phi) is 4.55. The minimum absolute atomic E-state index is 0.504. The second-order valence-electron chi connectivity index (χ2n) is 6.25. The van der Waals surface area contributed by atoms with Crippen molar-refractivity contribution in [2.75, 3.05) is 0 Å². The molecule has 0 fully saturated rings. The molecule has 0 amide bonds. The lowest BCUT2D eigenvalue weighted by Gasteiger charge is -2.00. The van der Waals surface area contributed by atoms with Crippen LogP contribution < -0.4 is 0 Å². The molecule has 0 aliphatic rings. The zero-order chi connectivity index (χ0) is 17.9. The summed E-state index contributed by atoms with van der Waals surface area (Å²) in [6.45, 7) is 2.87. The van der Waals surface area contributed by atoms with Gasteiger partial charge in [-0.15, -0.1) is 11.3 Å². The van der Waals surface area contributed by atoms with Crippen LogP contribution in [0.4, 0.5) is 0 Å². The van der Waals surface area contributed by atoms with Crippen LogP contribution in [0.3, 0.4) is 0 Å². The van der Waals surface area contributed by atoms with Crippen molar-refractivity contribution < 1.29 is 0 Å². The van der Waals surface area contributed by atoms with Gasteiger partial charge in [0.2, 0.25) is 0 Å². The quantitative estimate of drug-likeness (QED) is 0.446. The lowest BCUT2D eigenvalue weighted by Crippen LogP contribution is -1.94. The average Bonchev–Trinajstić information content (AvgIpc) is 3.31. The molecule has 4 rings (SSSR count). The molecular weight excluding hydrogens is 338 g/mol. The topological polar surface area (TPSA) is 41.6 Å². The van der Waals surface area contributed by atoms with Crippen LogP contribution in [0.2, 0.25) is 0 Å². The van der Waals surface area contributed by atoms with Crippen molar-refractivity contribution in [2.45, 2.75) is 26.3 Å². The van der Waals surface area contributed by atoms with Gasteiger partial charge in [0.05, 0.1) is 18.2 Å². The average molecular weight is 357 g/mol. The minimum atomic E-state index is 0.504. The molecule has 0 aliphatic carbocycles. The van der Waals surface area contributed by atoms with Gasteiger partial charge in [-0.25, -0.2) is 4.98 Å². The fourth-order valence-electron chi connectivity index (χ4n) is 3.22. The van der Waals surface area contributed by atoms with Crippen LogP contribution >= 0.6 is 11.3 Å². The number of aromatic nitrogens is 2. The van der Waals surface area contributed by atoms with Gasteiger partial charge in [0.1, 0.15) is 5.01 Å². The molecule has 2 heterocycles. The van der Waals surface area contributed by atoms with Gasteiger partial charge >= 0.3 is 0 Å². The number of rotatable bonds is 5. The van der Waals surface area contributed by atoms with Crippen molar-refractivity contribution in [1.29, 1.82) is 5.26 Å². The zero-order valence-corrected chi connectivity index (χ0v) is 15.5. The zero-order valence-electron chi connectivity index (χ0n) is 14.6. The molecule has 3 nitrogen and oxygen atoms in total. The molecule has 128 valence electrons. The number of hydrogen-bond donors (Lipinski definition) is 0. The van der Waals surface area contributed by atoms with Crippen molar-refractivity contribution in [1.82, 2.24) is 9.55 Å². The normalized spacial score (nSPS) is 10.9. The van der Waals surface area contributed by atoms with E-state index in [4.69, 9.17) is 10.2 Å². The molecule has 0 atom stereocenters. The maximum Gasteiger partial charge on any atom is 0.124 e. The van der Waals surface area contributed by atoms with Crippen LogP contribution in [0.15, 0.2) is 60.1 Å². The van der Waals surface area contributed by atoms with Gasteiger partial charge in [0, 0.05) is 40.2 Å². The van der Waals surface area contributed by atoms with Crippen molar-refractivity contribution in [2.24, 2.45) is 0 Å². The third kappa shape index (κ3) is 3.02. The third-order valence-corrected chi connectivity index (χ3v) is 5.53. The van der Waals surface area contributed by atoms with E-state index >= 15 is 0 Å². The highest BCUT2D eigenvalue weighted by molar-refractivity contribution is 7.13. The van der Waals surface area contributed by atoms with E-state index in [0.717, 1.165) is 33.8 Å². The molecule has 0 saturated heterocycles. The van der Waals surface area contributed by atoms with E-state index in [1.165, 1.54) is 10.9 Å². The molecule has 0 bridgehead atoms. The van der Waals surface area contributed by atoms with Crippen molar-refractivity contribution >= 4 is 22.2 Å². The first-order valence-corrected chi connectivity index (χ1v) is 9.68. The van der Waals surface area contributed by atoms with Crippen LogP contribution in [-0.2, 0) is 13.0 Å². The molecule has 2 aromatic carbocycles. The number of hydrogen-bond acceptors (Lipinski definition) is 3. The summed E-state index contributed by atoms with van der Waals surface area (Å²) < 4.78 is 2.16. The number of aryl methyl sites for hydroxylation is 2. The summed E-state index contributed by atoms with van der Waals surface area (Å²) in [5.41, 5.74) is 5.78. The minimum Gasteiger partial charge on any atom is -0.346 e. The second kappa shape index (κ2) is 7.15. The van der Waals surface area contributed by atoms with Gasteiger partial charge in [-0.2, -0.15) is 5.26 Å². The van der Waals surface area contributed by atoms with Gasteiger partial charge in [-0.3, -0.25) is 0 Å². The van der Waals surface area contributed by atoms with Crippen LogP contribution in [-0.4, -0.2) is 9.55 Å². The molecule has 2 aromatic heterocycles. The molecule has 0 aliphatic heterocycles. The summed E-state index contributed by atoms with van der Waals surface area (Å²) in [6, 6.07) is 19.2. The molecule has 0 N–H and O–H groups in total. The molecule has 4 heteroatoms. The fourth-order valence-corrected chi connectivity index (χ4v) is 4.05. The van der Waals surface area contributed by atoms with Crippen molar-refractivity contribution in [3.63, 3.8) is 0 Å². The number of benzene rings is 2. The van der Waals surface area contributed by atoms with Crippen LogP contribution in [0.5, 0.6) is 0 Å². The molecule has 26 heavy (non-hydrogen) atoms. The summed E-state index contributed by atoms with van der Waals surface area (Å²) in [5.74, 6) is 0. The van der Waals surface area contributed by atoms with Gasteiger partial charge < -0.3 is 4.57 Å². The third-order valence-electron chi connectivity index (χ3n) is 4.64. The molecule has 0 spiro atoms. The van der Waals surface area contributed by atoms with Crippen molar-refractivity contribution in [3.8, 4) is 27.9 Å². The number of nitriles is 1. The molecule has 4 aromatic rings. The number of para-hydroxylation sites is 1. The van der Waals surface area contributed by atoms with Crippen LogP contribution in [0, 0.1) is 11.3 Å². The lowest BCUT2D eigenvalue weighted by atomic mass is 10.1. The standard InChI is InChI=1S/C22H19N3S/c1-2-16-8-10-17(11-9-16)22-24-20(15-26-22)19-14-25(13-5-12-23)21-7-4-3-6-18(19)21/h3-4,6-11,14-15H,2,5,13H2,1H3. The number of fused-ring (bicyclic) bond motifs is 1. The van der Waals surface area contributed by atoms with Gasteiger partial charge in [0.15, 0.2) is 0 Å². The van der Waals surface area contributed by atoms with Crippen LogP contribution in [0.1, 0.15) is 18.9 Å². The predicted molar refractivity (Wildman–Crippen MR) is 108 cm³/mol. The Labute approximate surface area is 157 Å². The number of thiazole rings is 1. The van der Waals surface area contributed by atoms with Gasteiger partial charge in [-0.1, -0.05) is 49.4 Å². The Morgan fingerprint density at radius 2 is 1.92 bits per heavy atom. The summed E-state index contributed by atoms with van der Waals surface area (Å²) >= 11 is 1.67. The smallest absolute Gasteiger partial charge is 0.124 e. The maximum atomic E-state index is 8.92. The Bertz CT molecular complexity index is 1080. The first-order chi connectivity index (χ1) is 12.8. The maximum absolute atomic E-state index is 8.92. The Morgan fingerprint density at radius 3 is 2.69 bits per heavy atom.